The number of aliphatic hydroxyl groups excluding tert-OH is 1. The molecule has 0 spiro atoms. The second-order valence-electron chi connectivity index (χ2n) is 4.09. The van der Waals surface area contributed by atoms with Crippen molar-refractivity contribution in [1.82, 2.24) is 5.32 Å². The second-order valence-corrected chi connectivity index (χ2v) is 4.09. The molecular formula is C13H21NO2. The van der Waals surface area contributed by atoms with E-state index >= 15 is 0 Å². The van der Waals surface area contributed by atoms with Gasteiger partial charge in [-0.05, 0) is 57.1 Å². The van der Waals surface area contributed by atoms with E-state index in [1.807, 2.05) is 33.0 Å². The highest BCUT2D eigenvalue weighted by molar-refractivity contribution is 5.42. The molecule has 0 heterocycles. The lowest BCUT2D eigenvalue weighted by Crippen LogP contribution is -2.12. The summed E-state index contributed by atoms with van der Waals surface area (Å²) in [6, 6.07) is 3.99. The van der Waals surface area contributed by atoms with Crippen LogP contribution in [0.4, 0.5) is 0 Å². The first-order valence-electron chi connectivity index (χ1n) is 5.58. The number of ether oxygens (including phenoxy) is 1. The smallest absolute Gasteiger partial charge is 0.124 e. The van der Waals surface area contributed by atoms with Crippen LogP contribution in [0.2, 0.25) is 0 Å². The average molecular weight is 223 g/mol. The van der Waals surface area contributed by atoms with Crippen LogP contribution in [0.25, 0.3) is 0 Å². The van der Waals surface area contributed by atoms with Gasteiger partial charge in [-0.15, -0.1) is 0 Å². The molecule has 0 saturated heterocycles. The first-order valence-corrected chi connectivity index (χ1v) is 5.58. The summed E-state index contributed by atoms with van der Waals surface area (Å²) in [6.07, 6.45) is 0.219. The fourth-order valence-corrected chi connectivity index (χ4v) is 1.69. The minimum Gasteiger partial charge on any atom is -0.496 e. The number of hydrogen-bond acceptors (Lipinski definition) is 3. The fraction of sp³-hybridized carbons (Fsp3) is 0.538. The predicted octanol–water partition coefficient (Wildman–Crippen LogP) is 1.95. The molecule has 0 aliphatic heterocycles. The quantitative estimate of drug-likeness (QED) is 0.801. The highest BCUT2D eigenvalue weighted by Crippen LogP contribution is 2.29. The molecular weight excluding hydrogens is 202 g/mol. The lowest BCUT2D eigenvalue weighted by atomic mass is 9.99. The van der Waals surface area contributed by atoms with Crippen LogP contribution in [0.3, 0.4) is 0 Å². The summed E-state index contributed by atoms with van der Waals surface area (Å²) in [5.41, 5.74) is 3.24. The van der Waals surface area contributed by atoms with Crippen LogP contribution in [-0.2, 0) is 0 Å². The molecule has 1 aromatic carbocycles. The van der Waals surface area contributed by atoms with Crippen molar-refractivity contribution in [3.63, 3.8) is 0 Å². The molecule has 0 saturated carbocycles. The minimum absolute atomic E-state index is 0.471. The van der Waals surface area contributed by atoms with Crippen LogP contribution in [0.5, 0.6) is 5.75 Å². The Hall–Kier alpha value is -1.06. The summed E-state index contributed by atoms with van der Waals surface area (Å²) < 4.78 is 5.30. The molecule has 0 aliphatic carbocycles. The first-order chi connectivity index (χ1) is 7.60. The van der Waals surface area contributed by atoms with Crippen LogP contribution in [0.15, 0.2) is 12.1 Å². The Morgan fingerprint density at radius 2 is 1.94 bits per heavy atom. The molecule has 0 radical (unpaired) electrons. The molecule has 1 rings (SSSR count). The van der Waals surface area contributed by atoms with E-state index in [-0.39, 0.29) is 0 Å². The Balaban J connectivity index is 2.96. The van der Waals surface area contributed by atoms with Crippen molar-refractivity contribution < 1.29 is 9.84 Å². The molecule has 90 valence electrons. The first kappa shape index (κ1) is 13.0. The third-order valence-corrected chi connectivity index (χ3v) is 2.87. The van der Waals surface area contributed by atoms with Gasteiger partial charge in [-0.2, -0.15) is 0 Å². The standard InChI is InChI=1S/C13H21NO2/c1-9-7-11(12(15)5-6-14-3)13(16-4)8-10(9)2/h7-8,12,14-15H,5-6H2,1-4H3. The Bertz CT molecular complexity index is 350. The maximum atomic E-state index is 10.1. The van der Waals surface area contributed by atoms with Crippen molar-refractivity contribution in [2.75, 3.05) is 20.7 Å². The zero-order valence-electron chi connectivity index (χ0n) is 10.5. The van der Waals surface area contributed by atoms with Gasteiger partial charge in [0.2, 0.25) is 0 Å². The number of aliphatic hydroxyl groups is 1. The Kier molecular flexibility index (Phi) is 4.77. The molecule has 1 unspecified atom stereocenters. The molecule has 0 bridgehead atoms. The Morgan fingerprint density at radius 3 is 2.50 bits per heavy atom. The van der Waals surface area contributed by atoms with E-state index in [1.54, 1.807) is 7.11 Å². The van der Waals surface area contributed by atoms with Gasteiger partial charge in [-0.25, -0.2) is 0 Å². The topological polar surface area (TPSA) is 41.5 Å². The van der Waals surface area contributed by atoms with Crippen LogP contribution in [0, 0.1) is 13.8 Å². The van der Waals surface area contributed by atoms with Crippen molar-refractivity contribution in [2.24, 2.45) is 0 Å². The van der Waals surface area contributed by atoms with Crippen LogP contribution in [-0.4, -0.2) is 25.8 Å². The van der Waals surface area contributed by atoms with Crippen molar-refractivity contribution in [1.29, 1.82) is 0 Å². The molecule has 0 amide bonds. The molecule has 16 heavy (non-hydrogen) atoms. The molecule has 3 heteroatoms. The minimum atomic E-state index is -0.471. The summed E-state index contributed by atoms with van der Waals surface area (Å²) in [6.45, 7) is 4.88. The Morgan fingerprint density at radius 1 is 1.31 bits per heavy atom. The van der Waals surface area contributed by atoms with E-state index in [9.17, 15) is 5.11 Å². The number of nitrogens with one attached hydrogen (secondary N) is 1. The van der Waals surface area contributed by atoms with Gasteiger partial charge in [0.1, 0.15) is 5.75 Å². The lowest BCUT2D eigenvalue weighted by Gasteiger charge is -2.16. The zero-order valence-corrected chi connectivity index (χ0v) is 10.5. The van der Waals surface area contributed by atoms with Crippen LogP contribution in [0.1, 0.15) is 29.2 Å². The van der Waals surface area contributed by atoms with Crippen molar-refractivity contribution in [2.45, 2.75) is 26.4 Å². The van der Waals surface area contributed by atoms with E-state index in [0.29, 0.717) is 6.42 Å². The summed E-state index contributed by atoms with van der Waals surface area (Å²) in [7, 11) is 3.52. The van der Waals surface area contributed by atoms with Gasteiger partial charge in [0.05, 0.1) is 13.2 Å². The largest absolute Gasteiger partial charge is 0.496 e. The molecule has 0 fully saturated rings. The van der Waals surface area contributed by atoms with E-state index in [1.165, 1.54) is 11.1 Å². The normalized spacial score (nSPS) is 12.6. The van der Waals surface area contributed by atoms with E-state index in [0.717, 1.165) is 17.9 Å². The van der Waals surface area contributed by atoms with Gasteiger partial charge < -0.3 is 15.2 Å². The second kappa shape index (κ2) is 5.87. The highest BCUT2D eigenvalue weighted by Gasteiger charge is 2.14. The van der Waals surface area contributed by atoms with Gasteiger partial charge in [0, 0.05) is 5.56 Å². The van der Waals surface area contributed by atoms with Gasteiger partial charge in [0.15, 0.2) is 0 Å². The monoisotopic (exact) mass is 223 g/mol. The summed E-state index contributed by atoms with van der Waals surface area (Å²) in [5.74, 6) is 0.770. The predicted molar refractivity (Wildman–Crippen MR) is 66.0 cm³/mol. The number of methoxy groups -OCH3 is 1. The molecule has 1 aromatic rings. The SMILES string of the molecule is CNCCC(O)c1cc(C)c(C)cc1OC. The molecule has 3 nitrogen and oxygen atoms in total. The number of rotatable bonds is 5. The fourth-order valence-electron chi connectivity index (χ4n) is 1.69. The number of benzene rings is 1. The van der Waals surface area contributed by atoms with Crippen molar-refractivity contribution >= 4 is 0 Å². The van der Waals surface area contributed by atoms with E-state index in [4.69, 9.17) is 4.74 Å². The van der Waals surface area contributed by atoms with Gasteiger partial charge in [0.25, 0.3) is 0 Å². The van der Waals surface area contributed by atoms with Crippen molar-refractivity contribution in [3.8, 4) is 5.75 Å². The summed E-state index contributed by atoms with van der Waals surface area (Å²) in [5, 5.41) is 13.1. The third-order valence-electron chi connectivity index (χ3n) is 2.87. The lowest BCUT2D eigenvalue weighted by molar-refractivity contribution is 0.163. The average Bonchev–Trinajstić information content (AvgIpc) is 2.28. The molecule has 2 N–H and O–H groups in total. The zero-order chi connectivity index (χ0) is 12.1. The van der Waals surface area contributed by atoms with Crippen LogP contribution < -0.4 is 10.1 Å². The van der Waals surface area contributed by atoms with Crippen LogP contribution >= 0.6 is 0 Å². The van der Waals surface area contributed by atoms with Gasteiger partial charge in [-0.1, -0.05) is 0 Å². The summed E-state index contributed by atoms with van der Waals surface area (Å²) in [4.78, 5) is 0. The maximum absolute atomic E-state index is 10.1. The van der Waals surface area contributed by atoms with E-state index < -0.39 is 6.10 Å². The Labute approximate surface area is 97.4 Å². The third kappa shape index (κ3) is 2.97. The maximum Gasteiger partial charge on any atom is 0.124 e. The number of hydrogen-bond donors (Lipinski definition) is 2. The van der Waals surface area contributed by atoms with Gasteiger partial charge in [-0.3, -0.25) is 0 Å². The number of aryl methyl sites for hydroxylation is 2. The highest BCUT2D eigenvalue weighted by atomic mass is 16.5. The molecule has 0 aromatic heterocycles. The van der Waals surface area contributed by atoms with E-state index in [2.05, 4.69) is 5.32 Å². The summed E-state index contributed by atoms with van der Waals surface area (Å²) >= 11 is 0. The van der Waals surface area contributed by atoms with Gasteiger partial charge >= 0.3 is 0 Å². The molecule has 1 atom stereocenters. The molecule has 0 aliphatic rings. The van der Waals surface area contributed by atoms with Crippen molar-refractivity contribution in [3.05, 3.63) is 28.8 Å².